The summed E-state index contributed by atoms with van der Waals surface area (Å²) in [6.45, 7) is 3.96. The van der Waals surface area contributed by atoms with Gasteiger partial charge in [0.1, 0.15) is 0 Å². The van der Waals surface area contributed by atoms with Crippen LogP contribution in [0.5, 0.6) is 0 Å². The van der Waals surface area contributed by atoms with Gasteiger partial charge in [-0.25, -0.2) is 0 Å². The summed E-state index contributed by atoms with van der Waals surface area (Å²) in [5, 5.41) is 0.102. The van der Waals surface area contributed by atoms with E-state index in [1.807, 2.05) is 44.2 Å². The van der Waals surface area contributed by atoms with Crippen LogP contribution in [0.25, 0.3) is 0 Å². The normalized spacial score (nSPS) is 17.0. The van der Waals surface area contributed by atoms with Crippen LogP contribution in [0.3, 0.4) is 0 Å². The molecule has 2 nitrogen and oxygen atoms in total. The van der Waals surface area contributed by atoms with Crippen LogP contribution in [-0.2, 0) is 10.8 Å². The Bertz CT molecular complexity index is 311. The second-order valence-electron chi connectivity index (χ2n) is 3.90. The molecule has 2 N–H and O–H groups in total. The first kappa shape index (κ1) is 12.4. The molecule has 0 amide bonds. The third-order valence-corrected chi connectivity index (χ3v) is 4.14. The van der Waals surface area contributed by atoms with E-state index >= 15 is 0 Å². The van der Waals surface area contributed by atoms with Gasteiger partial charge in [0.2, 0.25) is 0 Å². The molecule has 1 rings (SSSR count). The molecule has 0 aliphatic carbocycles. The molecule has 3 unspecified atom stereocenters. The van der Waals surface area contributed by atoms with Crippen molar-refractivity contribution < 1.29 is 4.21 Å². The first-order chi connectivity index (χ1) is 7.11. The number of nitrogens with two attached hydrogens (primary N) is 1. The monoisotopic (exact) mass is 225 g/mol. The van der Waals surface area contributed by atoms with Crippen molar-refractivity contribution in [3.8, 4) is 0 Å². The Morgan fingerprint density at radius 3 is 2.40 bits per heavy atom. The predicted octanol–water partition coefficient (Wildman–Crippen LogP) is 2.23. The van der Waals surface area contributed by atoms with E-state index < -0.39 is 10.8 Å². The molecule has 15 heavy (non-hydrogen) atoms. The van der Waals surface area contributed by atoms with E-state index in [1.54, 1.807) is 0 Å². The second kappa shape index (κ2) is 6.03. The highest BCUT2D eigenvalue weighted by Crippen LogP contribution is 2.19. The molecule has 0 heterocycles. The molecule has 0 fully saturated rings. The fraction of sp³-hybridized carbons (Fsp3) is 0.500. The van der Waals surface area contributed by atoms with E-state index in [4.69, 9.17) is 5.73 Å². The molecule has 1 aromatic rings. The molecule has 3 atom stereocenters. The zero-order valence-electron chi connectivity index (χ0n) is 9.35. The topological polar surface area (TPSA) is 43.1 Å². The molecule has 0 saturated heterocycles. The average Bonchev–Trinajstić information content (AvgIpc) is 2.26. The van der Waals surface area contributed by atoms with Crippen molar-refractivity contribution in [2.45, 2.75) is 31.6 Å². The molecule has 3 heteroatoms. The molecule has 0 aliphatic rings. The van der Waals surface area contributed by atoms with Gasteiger partial charge in [-0.05, 0) is 25.8 Å². The van der Waals surface area contributed by atoms with E-state index in [9.17, 15) is 4.21 Å². The molecule has 84 valence electrons. The van der Waals surface area contributed by atoms with Crippen molar-refractivity contribution in [1.82, 2.24) is 0 Å². The molecule has 0 aromatic heterocycles. The van der Waals surface area contributed by atoms with E-state index in [0.717, 1.165) is 12.0 Å². The maximum absolute atomic E-state index is 11.9. The van der Waals surface area contributed by atoms with Crippen LogP contribution in [0.2, 0.25) is 0 Å². The Morgan fingerprint density at radius 2 is 1.87 bits per heavy atom. The van der Waals surface area contributed by atoms with Gasteiger partial charge < -0.3 is 5.73 Å². The van der Waals surface area contributed by atoms with Crippen molar-refractivity contribution in [2.24, 2.45) is 5.73 Å². The van der Waals surface area contributed by atoms with Gasteiger partial charge in [0.05, 0.1) is 5.25 Å². The lowest BCUT2D eigenvalue weighted by atomic mass is 10.2. The van der Waals surface area contributed by atoms with E-state index in [1.165, 1.54) is 0 Å². The Balaban J connectivity index is 2.54. The van der Waals surface area contributed by atoms with Crippen LogP contribution in [0.4, 0.5) is 0 Å². The second-order valence-corrected chi connectivity index (χ2v) is 5.78. The summed E-state index contributed by atoms with van der Waals surface area (Å²) in [7, 11) is -0.816. The fourth-order valence-corrected chi connectivity index (χ4v) is 2.77. The Morgan fingerprint density at radius 1 is 1.27 bits per heavy atom. The molecule has 0 spiro atoms. The molecule has 0 saturated carbocycles. The van der Waals surface area contributed by atoms with Crippen LogP contribution in [0.15, 0.2) is 30.3 Å². The van der Waals surface area contributed by atoms with Gasteiger partial charge >= 0.3 is 0 Å². The van der Waals surface area contributed by atoms with Gasteiger partial charge in [0.25, 0.3) is 0 Å². The third-order valence-electron chi connectivity index (χ3n) is 2.44. The summed E-state index contributed by atoms with van der Waals surface area (Å²) < 4.78 is 11.9. The molecular formula is C12H19NOS. The summed E-state index contributed by atoms with van der Waals surface area (Å²) >= 11 is 0. The lowest BCUT2D eigenvalue weighted by Gasteiger charge is -2.12. The fourth-order valence-electron chi connectivity index (χ4n) is 1.35. The minimum atomic E-state index is -0.816. The lowest BCUT2D eigenvalue weighted by Crippen LogP contribution is -2.19. The number of hydrogen-bond acceptors (Lipinski definition) is 2. The van der Waals surface area contributed by atoms with E-state index in [2.05, 4.69) is 0 Å². The van der Waals surface area contributed by atoms with Gasteiger partial charge in [-0.3, -0.25) is 4.21 Å². The van der Waals surface area contributed by atoms with Crippen molar-refractivity contribution in [1.29, 1.82) is 0 Å². The first-order valence-electron chi connectivity index (χ1n) is 5.29. The summed E-state index contributed by atoms with van der Waals surface area (Å²) in [4.78, 5) is 0. The predicted molar refractivity (Wildman–Crippen MR) is 66.1 cm³/mol. The molecule has 0 radical (unpaired) electrons. The zero-order valence-corrected chi connectivity index (χ0v) is 10.2. The van der Waals surface area contributed by atoms with Gasteiger partial charge in [0.15, 0.2) is 0 Å². The average molecular weight is 225 g/mol. The molecule has 0 bridgehead atoms. The van der Waals surface area contributed by atoms with Gasteiger partial charge in [-0.2, -0.15) is 0 Å². The van der Waals surface area contributed by atoms with Crippen molar-refractivity contribution in [3.05, 3.63) is 35.9 Å². The molecular weight excluding hydrogens is 206 g/mol. The highest BCUT2D eigenvalue weighted by atomic mass is 32.2. The number of benzene rings is 1. The lowest BCUT2D eigenvalue weighted by molar-refractivity contribution is 0.661. The summed E-state index contributed by atoms with van der Waals surface area (Å²) in [5.41, 5.74) is 6.78. The van der Waals surface area contributed by atoms with Crippen molar-refractivity contribution in [2.75, 3.05) is 5.75 Å². The molecule has 1 aromatic carbocycles. The van der Waals surface area contributed by atoms with Gasteiger partial charge in [0, 0.05) is 22.6 Å². The van der Waals surface area contributed by atoms with Crippen LogP contribution in [-0.4, -0.2) is 16.0 Å². The maximum Gasteiger partial charge on any atom is 0.0568 e. The number of hydrogen-bond donors (Lipinski definition) is 1. The van der Waals surface area contributed by atoms with Gasteiger partial charge in [-0.15, -0.1) is 0 Å². The quantitative estimate of drug-likeness (QED) is 0.835. The maximum atomic E-state index is 11.9. The van der Waals surface area contributed by atoms with Crippen LogP contribution >= 0.6 is 0 Å². The van der Waals surface area contributed by atoms with Crippen molar-refractivity contribution >= 4 is 10.8 Å². The Labute approximate surface area is 94.3 Å². The van der Waals surface area contributed by atoms with Crippen molar-refractivity contribution in [3.63, 3.8) is 0 Å². The smallest absolute Gasteiger partial charge is 0.0568 e. The minimum Gasteiger partial charge on any atom is -0.328 e. The SMILES string of the molecule is CC(N)CCS(=O)C(C)c1ccccc1. The van der Waals surface area contributed by atoms with E-state index in [0.29, 0.717) is 5.75 Å². The molecule has 0 aliphatic heterocycles. The Kier molecular flexibility index (Phi) is 4.99. The third kappa shape index (κ3) is 4.14. The van der Waals surface area contributed by atoms with Crippen LogP contribution in [0.1, 0.15) is 31.1 Å². The summed E-state index contributed by atoms with van der Waals surface area (Å²) in [6.07, 6.45) is 0.823. The highest BCUT2D eigenvalue weighted by Gasteiger charge is 2.13. The summed E-state index contributed by atoms with van der Waals surface area (Å²) in [6, 6.07) is 10.1. The number of rotatable bonds is 5. The minimum absolute atomic E-state index is 0.102. The van der Waals surface area contributed by atoms with E-state index in [-0.39, 0.29) is 11.3 Å². The summed E-state index contributed by atoms with van der Waals surface area (Å²) in [5.74, 6) is 0.688. The largest absolute Gasteiger partial charge is 0.328 e. The highest BCUT2D eigenvalue weighted by molar-refractivity contribution is 7.85. The van der Waals surface area contributed by atoms with Crippen LogP contribution in [0, 0.1) is 0 Å². The van der Waals surface area contributed by atoms with Gasteiger partial charge in [-0.1, -0.05) is 30.3 Å². The zero-order chi connectivity index (χ0) is 11.3. The Hall–Kier alpha value is -0.670. The standard InChI is InChI=1S/C12H19NOS/c1-10(13)8-9-15(14)11(2)12-6-4-3-5-7-12/h3-7,10-11H,8-9,13H2,1-2H3. The first-order valence-corrected chi connectivity index (χ1v) is 6.67. The van der Waals surface area contributed by atoms with Crippen LogP contribution < -0.4 is 5.73 Å².